The molecule has 1 unspecified atom stereocenters. The Morgan fingerprint density at radius 3 is 2.63 bits per heavy atom. The summed E-state index contributed by atoms with van der Waals surface area (Å²) < 4.78 is 27.4. The van der Waals surface area contributed by atoms with Gasteiger partial charge < -0.3 is 28.5 Å². The number of allylic oxidation sites excluding steroid dienone is 1. The molecule has 4 heterocycles. The number of aromatic amines is 1. The van der Waals surface area contributed by atoms with Gasteiger partial charge in [0.05, 0.1) is 35.4 Å². The highest BCUT2D eigenvalue weighted by Gasteiger charge is 2.23. The van der Waals surface area contributed by atoms with E-state index < -0.39 is 11.2 Å². The number of rotatable bonds is 13. The molecule has 2 aromatic heterocycles. The molecule has 0 spiro atoms. The molecule has 5 aromatic rings. The molecule has 0 radical (unpaired) electrons. The molecule has 1 N–H and O–H groups in total. The van der Waals surface area contributed by atoms with Gasteiger partial charge in [-0.05, 0) is 127 Å². The number of hydrogen-bond donors (Lipinski definition) is 1. The van der Waals surface area contributed by atoms with Gasteiger partial charge >= 0.3 is 0 Å². The molecular formula is C42H51N5O3S. The minimum Gasteiger partial charge on any atom is -0.611 e. The molecule has 0 bridgehead atoms. The largest absolute Gasteiger partial charge is 0.611 e. The standard InChI is InChI=1S/C42H51N5O3S/c1-4-6-21-50-36-12-9-32(10-13-36)33-11-16-40-35(24-33)25-34(8-7-20-46(40)27-31-17-22-49-23-18-31)42-44-38-15-14-37(26-39(38)45-42)51(48)28-41-30(3)43-29-47(41)19-5-2/h9-16,24-26,29,31H,4-8,17-23,27-28H2,1-3H3,(H,44,45)/b34-25+. The van der Waals surface area contributed by atoms with Gasteiger partial charge in [-0.25, -0.2) is 9.97 Å². The van der Waals surface area contributed by atoms with E-state index in [-0.39, 0.29) is 0 Å². The number of fused-ring (bicyclic) bond motifs is 2. The highest BCUT2D eigenvalue weighted by atomic mass is 32.2. The molecule has 0 aliphatic carbocycles. The summed E-state index contributed by atoms with van der Waals surface area (Å²) in [6.07, 6.45) is 11.6. The van der Waals surface area contributed by atoms with Gasteiger partial charge in [0, 0.05) is 44.6 Å². The first-order valence-corrected chi connectivity index (χ1v) is 20.1. The predicted octanol–water partition coefficient (Wildman–Crippen LogP) is 9.20. The van der Waals surface area contributed by atoms with Crippen molar-refractivity contribution in [2.24, 2.45) is 5.92 Å². The molecule has 7 rings (SSSR count). The van der Waals surface area contributed by atoms with Gasteiger partial charge in [-0.3, -0.25) is 0 Å². The van der Waals surface area contributed by atoms with Gasteiger partial charge in [-0.15, -0.1) is 0 Å². The topological polar surface area (TPSA) is 91.3 Å². The van der Waals surface area contributed by atoms with E-state index in [0.29, 0.717) is 11.7 Å². The molecule has 8 nitrogen and oxygen atoms in total. The van der Waals surface area contributed by atoms with Crippen molar-refractivity contribution >= 4 is 39.5 Å². The number of hydrogen-bond acceptors (Lipinski definition) is 6. The lowest BCUT2D eigenvalue weighted by Crippen LogP contribution is -2.34. The average Bonchev–Trinajstić information content (AvgIpc) is 3.73. The SMILES string of the molecule is CCCCOc1ccc(-c2ccc3c(c2)/C=C(/c2nc4cc([S+]([O-])Cc5c(C)ncn5CCC)ccc4[nH]2)CCCN3CC2CCOCC2)cc1. The highest BCUT2D eigenvalue weighted by Crippen LogP contribution is 2.36. The minimum atomic E-state index is -1.21. The van der Waals surface area contributed by atoms with Crippen molar-refractivity contribution in [2.75, 3.05) is 37.8 Å². The fourth-order valence-electron chi connectivity index (χ4n) is 7.29. The molecule has 2 aliphatic rings. The summed E-state index contributed by atoms with van der Waals surface area (Å²) in [5, 5.41) is 0. The fourth-order valence-corrected chi connectivity index (χ4v) is 8.54. The van der Waals surface area contributed by atoms with E-state index in [1.807, 2.05) is 31.5 Å². The maximum absolute atomic E-state index is 13.6. The Morgan fingerprint density at radius 2 is 1.82 bits per heavy atom. The Morgan fingerprint density at radius 1 is 1.00 bits per heavy atom. The maximum Gasteiger partial charge on any atom is 0.155 e. The lowest BCUT2D eigenvalue weighted by molar-refractivity contribution is 0.0682. The summed E-state index contributed by atoms with van der Waals surface area (Å²) >= 11 is -1.21. The van der Waals surface area contributed by atoms with Crippen molar-refractivity contribution in [3.8, 4) is 16.9 Å². The van der Waals surface area contributed by atoms with E-state index in [1.165, 1.54) is 28.0 Å². The number of benzene rings is 3. The third-order valence-electron chi connectivity index (χ3n) is 10.3. The maximum atomic E-state index is 13.6. The monoisotopic (exact) mass is 705 g/mol. The van der Waals surface area contributed by atoms with Crippen LogP contribution in [0.3, 0.4) is 0 Å². The van der Waals surface area contributed by atoms with Crippen LogP contribution in [0.25, 0.3) is 33.8 Å². The van der Waals surface area contributed by atoms with E-state index >= 15 is 0 Å². The van der Waals surface area contributed by atoms with Gasteiger partial charge in [0.1, 0.15) is 11.6 Å². The number of ether oxygens (including phenoxy) is 2. The van der Waals surface area contributed by atoms with Crippen molar-refractivity contribution in [2.45, 2.75) is 82.9 Å². The normalized spacial score (nSPS) is 17.1. The van der Waals surface area contributed by atoms with Crippen molar-refractivity contribution < 1.29 is 14.0 Å². The van der Waals surface area contributed by atoms with Gasteiger partial charge in [0.25, 0.3) is 0 Å². The van der Waals surface area contributed by atoms with Crippen molar-refractivity contribution in [3.63, 3.8) is 0 Å². The molecular weight excluding hydrogens is 655 g/mol. The second-order valence-electron chi connectivity index (χ2n) is 14.0. The number of nitrogens with zero attached hydrogens (tertiary/aromatic N) is 4. The van der Waals surface area contributed by atoms with Crippen LogP contribution >= 0.6 is 0 Å². The first kappa shape index (κ1) is 35.4. The Labute approximate surface area is 305 Å². The molecule has 1 atom stereocenters. The van der Waals surface area contributed by atoms with Crippen molar-refractivity contribution in [1.82, 2.24) is 19.5 Å². The van der Waals surface area contributed by atoms with E-state index in [9.17, 15) is 4.55 Å². The van der Waals surface area contributed by atoms with Crippen molar-refractivity contribution in [3.05, 3.63) is 89.8 Å². The lowest BCUT2D eigenvalue weighted by atomic mass is 9.94. The number of anilines is 1. The molecule has 9 heteroatoms. The molecule has 0 amide bonds. The highest BCUT2D eigenvalue weighted by molar-refractivity contribution is 7.90. The van der Waals surface area contributed by atoms with Crippen LogP contribution in [0.1, 0.15) is 81.6 Å². The van der Waals surface area contributed by atoms with Gasteiger partial charge in [0.15, 0.2) is 10.6 Å². The Kier molecular flexibility index (Phi) is 11.5. The fraction of sp³-hybridized carbons (Fsp3) is 0.429. The zero-order valence-corrected chi connectivity index (χ0v) is 31.1. The van der Waals surface area contributed by atoms with Crippen molar-refractivity contribution in [1.29, 1.82) is 0 Å². The summed E-state index contributed by atoms with van der Waals surface area (Å²) in [6.45, 7) is 11.7. The van der Waals surface area contributed by atoms with E-state index in [2.05, 4.69) is 81.8 Å². The van der Waals surface area contributed by atoms with Crippen LogP contribution in [0.5, 0.6) is 5.75 Å². The zero-order valence-electron chi connectivity index (χ0n) is 30.3. The minimum absolute atomic E-state index is 0.442. The number of unbranched alkanes of at least 4 members (excludes halogenated alkanes) is 1. The third-order valence-corrected chi connectivity index (χ3v) is 11.6. The van der Waals surface area contributed by atoms with Crippen LogP contribution in [0.2, 0.25) is 0 Å². The van der Waals surface area contributed by atoms with Crippen LogP contribution < -0.4 is 9.64 Å². The van der Waals surface area contributed by atoms with Crippen LogP contribution in [-0.2, 0) is 28.2 Å². The molecule has 3 aromatic carbocycles. The number of aryl methyl sites for hydroxylation is 2. The first-order chi connectivity index (χ1) is 25.0. The van der Waals surface area contributed by atoms with Crippen LogP contribution in [0.4, 0.5) is 5.69 Å². The molecule has 51 heavy (non-hydrogen) atoms. The predicted molar refractivity (Wildman–Crippen MR) is 209 cm³/mol. The van der Waals surface area contributed by atoms with Gasteiger partial charge in [0.2, 0.25) is 0 Å². The van der Waals surface area contributed by atoms with Crippen LogP contribution in [-0.4, -0.2) is 57.0 Å². The molecule has 268 valence electrons. The summed E-state index contributed by atoms with van der Waals surface area (Å²) in [5.41, 5.74) is 9.81. The van der Waals surface area contributed by atoms with Gasteiger partial charge in [-0.1, -0.05) is 38.5 Å². The quantitative estimate of drug-likeness (QED) is 0.0971. The smallest absolute Gasteiger partial charge is 0.155 e. The lowest BCUT2D eigenvalue weighted by Gasteiger charge is -2.33. The number of nitrogens with one attached hydrogen (secondary N) is 1. The number of imidazole rings is 2. The van der Waals surface area contributed by atoms with E-state index in [1.54, 1.807) is 0 Å². The molecule has 0 saturated carbocycles. The molecule has 1 fully saturated rings. The molecule has 1 saturated heterocycles. The first-order valence-electron chi connectivity index (χ1n) is 18.8. The Balaban J connectivity index is 1.19. The summed E-state index contributed by atoms with van der Waals surface area (Å²) in [4.78, 5) is 16.6. The zero-order chi connectivity index (χ0) is 35.2. The Bertz CT molecular complexity index is 1940. The average molecular weight is 706 g/mol. The summed E-state index contributed by atoms with van der Waals surface area (Å²) in [7, 11) is 0. The molecule has 2 aliphatic heterocycles. The summed E-state index contributed by atoms with van der Waals surface area (Å²) in [5.74, 6) is 2.88. The second-order valence-corrected chi connectivity index (χ2v) is 15.5. The van der Waals surface area contributed by atoms with Crippen LogP contribution in [0.15, 0.2) is 71.9 Å². The number of H-pyrrole nitrogens is 1. The van der Waals surface area contributed by atoms with Crippen LogP contribution in [0, 0.1) is 12.8 Å². The number of aromatic nitrogens is 4. The van der Waals surface area contributed by atoms with E-state index in [4.69, 9.17) is 14.5 Å². The van der Waals surface area contributed by atoms with E-state index in [0.717, 1.165) is 123 Å². The Hall–Kier alpha value is -4.05. The van der Waals surface area contributed by atoms with Gasteiger partial charge in [-0.2, -0.15) is 0 Å². The second kappa shape index (κ2) is 16.5. The summed E-state index contributed by atoms with van der Waals surface area (Å²) in [6, 6.07) is 21.4. The third kappa shape index (κ3) is 8.37.